The van der Waals surface area contributed by atoms with E-state index in [1.807, 2.05) is 30.5 Å². The molecule has 3 heteroatoms. The van der Waals surface area contributed by atoms with Crippen LogP contribution in [0.2, 0.25) is 0 Å². The molecule has 1 saturated carbocycles. The van der Waals surface area contributed by atoms with E-state index in [0.29, 0.717) is 12.8 Å². The van der Waals surface area contributed by atoms with Crippen LogP contribution in [0.1, 0.15) is 30.7 Å². The fourth-order valence-electron chi connectivity index (χ4n) is 2.64. The highest BCUT2D eigenvalue weighted by molar-refractivity contribution is 6.02. The largest absolute Gasteiger partial charge is 0.361 e. The zero-order chi connectivity index (χ0) is 11.8. The van der Waals surface area contributed by atoms with Gasteiger partial charge in [-0.2, -0.15) is 0 Å². The second-order valence-corrected chi connectivity index (χ2v) is 4.65. The molecule has 1 aromatic carbocycles. The summed E-state index contributed by atoms with van der Waals surface area (Å²) in [4.78, 5) is 26.2. The van der Waals surface area contributed by atoms with E-state index >= 15 is 0 Å². The van der Waals surface area contributed by atoms with Gasteiger partial charge in [0.15, 0.2) is 0 Å². The number of rotatable bonds is 1. The Balaban J connectivity index is 2.03. The van der Waals surface area contributed by atoms with E-state index in [1.54, 1.807) is 0 Å². The summed E-state index contributed by atoms with van der Waals surface area (Å²) in [5.74, 6) is 0.188. The summed E-state index contributed by atoms with van der Waals surface area (Å²) in [6.07, 6.45) is 3.04. The number of fused-ring (bicyclic) bond motifs is 1. The predicted octanol–water partition coefficient (Wildman–Crippen LogP) is 2.57. The number of carbonyl (C=O) groups is 2. The number of H-pyrrole nitrogens is 1. The number of para-hydroxylation sites is 1. The molecule has 1 aliphatic carbocycles. The minimum Gasteiger partial charge on any atom is -0.361 e. The van der Waals surface area contributed by atoms with Crippen LogP contribution in [0.3, 0.4) is 0 Å². The molecular formula is C14H13NO2. The van der Waals surface area contributed by atoms with Crippen LogP contribution < -0.4 is 0 Å². The van der Waals surface area contributed by atoms with Crippen molar-refractivity contribution in [1.29, 1.82) is 0 Å². The Kier molecular flexibility index (Phi) is 2.32. The molecule has 1 aromatic heterocycles. The van der Waals surface area contributed by atoms with Gasteiger partial charge in [-0.15, -0.1) is 0 Å². The number of aromatic amines is 1. The van der Waals surface area contributed by atoms with Crippen molar-refractivity contribution < 1.29 is 9.59 Å². The maximum absolute atomic E-state index is 11.5. The zero-order valence-electron chi connectivity index (χ0n) is 9.40. The summed E-state index contributed by atoms with van der Waals surface area (Å²) in [6, 6.07) is 7.99. The van der Waals surface area contributed by atoms with Crippen molar-refractivity contribution in [1.82, 2.24) is 4.98 Å². The van der Waals surface area contributed by atoms with Crippen LogP contribution in [0, 0.1) is 0 Å². The lowest BCUT2D eigenvalue weighted by Gasteiger charge is -2.19. The van der Waals surface area contributed by atoms with Crippen LogP contribution in [0.15, 0.2) is 30.5 Å². The third kappa shape index (κ3) is 1.78. The van der Waals surface area contributed by atoms with E-state index in [4.69, 9.17) is 0 Å². The Labute approximate surface area is 98.8 Å². The summed E-state index contributed by atoms with van der Waals surface area (Å²) in [6.45, 7) is 0. The molecule has 3 rings (SSSR count). The first-order valence-electron chi connectivity index (χ1n) is 5.83. The summed E-state index contributed by atoms with van der Waals surface area (Å²) >= 11 is 0. The van der Waals surface area contributed by atoms with E-state index in [2.05, 4.69) is 4.98 Å². The number of ketones is 2. The molecule has 1 aliphatic rings. The molecule has 0 saturated heterocycles. The van der Waals surface area contributed by atoms with Crippen LogP contribution in [-0.2, 0) is 9.59 Å². The molecule has 1 N–H and O–H groups in total. The highest BCUT2D eigenvalue weighted by atomic mass is 16.1. The molecule has 17 heavy (non-hydrogen) atoms. The molecule has 1 fully saturated rings. The molecule has 86 valence electrons. The van der Waals surface area contributed by atoms with Gasteiger partial charge in [-0.3, -0.25) is 9.59 Å². The summed E-state index contributed by atoms with van der Waals surface area (Å²) < 4.78 is 0. The molecular weight excluding hydrogens is 214 g/mol. The zero-order valence-corrected chi connectivity index (χ0v) is 9.40. The van der Waals surface area contributed by atoms with E-state index in [1.165, 1.54) is 0 Å². The second-order valence-electron chi connectivity index (χ2n) is 4.65. The van der Waals surface area contributed by atoms with Gasteiger partial charge in [-0.1, -0.05) is 18.2 Å². The van der Waals surface area contributed by atoms with Gasteiger partial charge in [0.25, 0.3) is 0 Å². The molecule has 0 amide bonds. The van der Waals surface area contributed by atoms with Gasteiger partial charge in [0.1, 0.15) is 11.6 Å². The van der Waals surface area contributed by atoms with Crippen molar-refractivity contribution in [2.75, 3.05) is 0 Å². The van der Waals surface area contributed by atoms with Crippen molar-refractivity contribution in [3.63, 3.8) is 0 Å². The number of carbonyl (C=O) groups excluding carboxylic acids is 2. The Morgan fingerprint density at radius 1 is 1.06 bits per heavy atom. The van der Waals surface area contributed by atoms with E-state index in [-0.39, 0.29) is 23.9 Å². The molecule has 2 aromatic rings. The third-order valence-electron chi connectivity index (χ3n) is 3.40. The van der Waals surface area contributed by atoms with Crippen LogP contribution in [0.25, 0.3) is 10.9 Å². The molecule has 3 nitrogen and oxygen atoms in total. The standard InChI is InChI=1S/C14H13NO2/c16-10-5-9(6-11(17)7-10)13-8-15-14-4-2-1-3-12(13)14/h1-4,8-9,15H,5-7H2. The Bertz CT molecular complexity index is 581. The van der Waals surface area contributed by atoms with Crippen LogP contribution in [0.4, 0.5) is 0 Å². The normalized spacial score (nSPS) is 17.9. The number of aromatic nitrogens is 1. The van der Waals surface area contributed by atoms with Gasteiger partial charge in [0, 0.05) is 29.9 Å². The average Bonchev–Trinajstić information content (AvgIpc) is 2.71. The van der Waals surface area contributed by atoms with Crippen LogP contribution in [-0.4, -0.2) is 16.6 Å². The number of nitrogens with one attached hydrogen (secondary N) is 1. The van der Waals surface area contributed by atoms with Gasteiger partial charge >= 0.3 is 0 Å². The average molecular weight is 227 g/mol. The number of hydrogen-bond acceptors (Lipinski definition) is 2. The fourth-order valence-corrected chi connectivity index (χ4v) is 2.64. The monoisotopic (exact) mass is 227 g/mol. The van der Waals surface area contributed by atoms with Crippen LogP contribution in [0.5, 0.6) is 0 Å². The molecule has 0 unspecified atom stereocenters. The summed E-state index contributed by atoms with van der Waals surface area (Å²) in [7, 11) is 0. The third-order valence-corrected chi connectivity index (χ3v) is 3.40. The van der Waals surface area contributed by atoms with Gasteiger partial charge < -0.3 is 4.98 Å². The highest BCUT2D eigenvalue weighted by Gasteiger charge is 2.27. The molecule has 0 bridgehead atoms. The van der Waals surface area contributed by atoms with E-state index in [9.17, 15) is 9.59 Å². The molecule has 1 heterocycles. The second kappa shape index (κ2) is 3.84. The lowest BCUT2D eigenvalue weighted by atomic mass is 9.82. The van der Waals surface area contributed by atoms with Gasteiger partial charge in [0.05, 0.1) is 6.42 Å². The van der Waals surface area contributed by atoms with Crippen molar-refractivity contribution in [2.24, 2.45) is 0 Å². The van der Waals surface area contributed by atoms with Crippen molar-refractivity contribution in [3.8, 4) is 0 Å². The van der Waals surface area contributed by atoms with Gasteiger partial charge in [-0.05, 0) is 17.5 Å². The fraction of sp³-hybridized carbons (Fsp3) is 0.286. The maximum atomic E-state index is 11.5. The number of benzene rings is 1. The quantitative estimate of drug-likeness (QED) is 0.761. The number of Topliss-reactive ketones (excluding diaryl/α,β-unsaturated/α-hetero) is 2. The summed E-state index contributed by atoms with van der Waals surface area (Å²) in [5, 5.41) is 1.13. The lowest BCUT2D eigenvalue weighted by molar-refractivity contribution is -0.130. The molecule has 0 aliphatic heterocycles. The van der Waals surface area contributed by atoms with Crippen molar-refractivity contribution in [2.45, 2.75) is 25.2 Å². The first kappa shape index (κ1) is 10.3. The van der Waals surface area contributed by atoms with Gasteiger partial charge in [0.2, 0.25) is 0 Å². The summed E-state index contributed by atoms with van der Waals surface area (Å²) in [5.41, 5.74) is 2.16. The van der Waals surface area contributed by atoms with E-state index in [0.717, 1.165) is 16.5 Å². The molecule has 0 spiro atoms. The lowest BCUT2D eigenvalue weighted by Crippen LogP contribution is -2.21. The SMILES string of the molecule is O=C1CC(=O)CC(c2c[nH]c3ccccc23)C1. The minimum atomic E-state index is 0.0555. The Morgan fingerprint density at radius 2 is 1.76 bits per heavy atom. The van der Waals surface area contributed by atoms with Crippen molar-refractivity contribution >= 4 is 22.5 Å². The molecule has 0 radical (unpaired) electrons. The first-order chi connectivity index (χ1) is 8.24. The first-order valence-corrected chi connectivity index (χ1v) is 5.83. The van der Waals surface area contributed by atoms with Gasteiger partial charge in [-0.25, -0.2) is 0 Å². The minimum absolute atomic E-state index is 0.0555. The maximum Gasteiger partial charge on any atom is 0.140 e. The Hall–Kier alpha value is -1.90. The van der Waals surface area contributed by atoms with E-state index < -0.39 is 0 Å². The topological polar surface area (TPSA) is 49.9 Å². The smallest absolute Gasteiger partial charge is 0.140 e. The molecule has 0 atom stereocenters. The number of hydrogen-bond donors (Lipinski definition) is 1. The Morgan fingerprint density at radius 3 is 2.53 bits per heavy atom. The van der Waals surface area contributed by atoms with Crippen LogP contribution >= 0.6 is 0 Å². The predicted molar refractivity (Wildman–Crippen MR) is 64.9 cm³/mol. The van der Waals surface area contributed by atoms with Crippen molar-refractivity contribution in [3.05, 3.63) is 36.0 Å². The highest BCUT2D eigenvalue weighted by Crippen LogP contribution is 2.33.